The van der Waals surface area contributed by atoms with Crippen molar-refractivity contribution in [1.29, 1.82) is 0 Å². The molecule has 0 spiro atoms. The van der Waals surface area contributed by atoms with Gasteiger partial charge >= 0.3 is 7.82 Å². The number of hydrogen-bond donors (Lipinski definition) is 0. The summed E-state index contributed by atoms with van der Waals surface area (Å²) in [6, 6.07) is 8.07. The summed E-state index contributed by atoms with van der Waals surface area (Å²) in [4.78, 5) is 13.2. The Kier molecular flexibility index (Phi) is 16.1. The molecular formula is C34H53O9PS2. The Morgan fingerprint density at radius 3 is 2.28 bits per heavy atom. The van der Waals surface area contributed by atoms with Crippen LogP contribution in [0.3, 0.4) is 0 Å². The minimum Gasteiger partial charge on any atom is -0.382 e. The number of terminal acetylenes is 1. The second-order valence-electron chi connectivity index (χ2n) is 12.8. The van der Waals surface area contributed by atoms with Gasteiger partial charge < -0.3 is 18.9 Å². The number of hydrogen-bond acceptors (Lipinski definition) is 11. The first-order valence-electron chi connectivity index (χ1n) is 16.1. The van der Waals surface area contributed by atoms with Crippen LogP contribution in [0.25, 0.3) is 0 Å². The van der Waals surface area contributed by atoms with Crippen molar-refractivity contribution in [2.24, 2.45) is 11.8 Å². The second-order valence-corrected chi connectivity index (χ2v) is 17.3. The van der Waals surface area contributed by atoms with Gasteiger partial charge in [-0.25, -0.2) is 4.57 Å². The van der Waals surface area contributed by atoms with Gasteiger partial charge in [0.05, 0.1) is 38.1 Å². The van der Waals surface area contributed by atoms with Gasteiger partial charge in [-0.15, -0.1) is 12.3 Å². The average Bonchev–Trinajstić information content (AvgIpc) is 3.45. The predicted octanol–water partition coefficient (Wildman–Crippen LogP) is 7.55. The summed E-state index contributed by atoms with van der Waals surface area (Å²) >= 11 is 0. The number of Topliss-reactive ketones (excluding diaryl/α,β-unsaturated/α-hetero) is 1. The van der Waals surface area contributed by atoms with Gasteiger partial charge in [0.25, 0.3) is 0 Å². The summed E-state index contributed by atoms with van der Waals surface area (Å²) in [6.07, 6.45) is 6.29. The molecule has 0 aliphatic carbocycles. The van der Waals surface area contributed by atoms with Gasteiger partial charge in [0.1, 0.15) is 24.1 Å². The van der Waals surface area contributed by atoms with Gasteiger partial charge in [0.2, 0.25) is 0 Å². The van der Waals surface area contributed by atoms with Gasteiger partial charge in [-0.05, 0) is 52.2 Å². The fraction of sp³-hybridized carbons (Fsp3) is 0.735. The maximum absolute atomic E-state index is 14.3. The number of ketones is 1. The molecule has 0 aromatic heterocycles. The molecule has 9 unspecified atom stereocenters. The van der Waals surface area contributed by atoms with Crippen molar-refractivity contribution >= 4 is 35.2 Å². The smallest absolute Gasteiger partial charge is 0.382 e. The number of phosphoric ester groups is 1. The molecular weight excluding hydrogens is 647 g/mol. The van der Waals surface area contributed by atoms with Crippen LogP contribution in [0.15, 0.2) is 29.2 Å². The Hall–Kier alpha value is -0.900. The lowest BCUT2D eigenvalue weighted by Crippen LogP contribution is -2.34. The molecule has 260 valence electrons. The Morgan fingerprint density at radius 1 is 0.978 bits per heavy atom. The lowest BCUT2D eigenvalue weighted by atomic mass is 9.99. The van der Waals surface area contributed by atoms with E-state index in [1.165, 1.54) is 0 Å². The van der Waals surface area contributed by atoms with E-state index >= 15 is 0 Å². The second kappa shape index (κ2) is 18.7. The summed E-state index contributed by atoms with van der Waals surface area (Å²) in [5.74, 6) is 2.83. The van der Waals surface area contributed by atoms with Crippen LogP contribution < -0.4 is 0 Å². The number of rotatable bonds is 20. The van der Waals surface area contributed by atoms with E-state index in [4.69, 9.17) is 38.9 Å². The highest BCUT2D eigenvalue weighted by molar-refractivity contribution is 8.77. The zero-order valence-electron chi connectivity index (χ0n) is 28.6. The number of carbonyl (C=O) groups is 1. The van der Waals surface area contributed by atoms with E-state index in [0.717, 1.165) is 16.9 Å². The minimum absolute atomic E-state index is 0.000317. The molecule has 2 aliphatic heterocycles. The number of benzene rings is 1. The normalized spacial score (nSPS) is 29.5. The topological polar surface area (TPSA) is 98.8 Å². The molecule has 46 heavy (non-hydrogen) atoms. The van der Waals surface area contributed by atoms with Crippen molar-refractivity contribution in [2.45, 2.75) is 120 Å². The van der Waals surface area contributed by atoms with Crippen molar-refractivity contribution in [2.75, 3.05) is 34.0 Å². The molecule has 9 nitrogen and oxygen atoms in total. The van der Waals surface area contributed by atoms with E-state index in [2.05, 4.69) is 32.8 Å². The Labute approximate surface area is 284 Å². The van der Waals surface area contributed by atoms with E-state index in [1.807, 2.05) is 39.0 Å². The van der Waals surface area contributed by atoms with Crippen LogP contribution in [0, 0.1) is 24.2 Å². The lowest BCUT2D eigenvalue weighted by Gasteiger charge is -2.28. The molecule has 2 aliphatic rings. The number of ether oxygens (including phenoxy) is 4. The van der Waals surface area contributed by atoms with Crippen molar-refractivity contribution in [3.63, 3.8) is 0 Å². The third-order valence-corrected chi connectivity index (χ3v) is 13.7. The summed E-state index contributed by atoms with van der Waals surface area (Å²) in [5.41, 5.74) is 1.05. The molecule has 2 heterocycles. The van der Waals surface area contributed by atoms with E-state index < -0.39 is 26.1 Å². The van der Waals surface area contributed by atoms with Crippen molar-refractivity contribution < 1.29 is 41.9 Å². The standard InChI is InChI=1S/C34H53O9PS2/c1-10-11-15-28(35)17-19-34(6,7)46-45-31-16-13-12-14-27(31)18-20-39-44(36,40-22-30-32(38-9)23(2)25(4)42-30)43-33-24(3)26(5)41-29(33)21-37-8/h1,12-14,16,23-26,29-30,32-33H,11,15,17-22H2,2-9H3. The third-order valence-electron chi connectivity index (χ3n) is 8.78. The number of phosphoric acid groups is 1. The maximum atomic E-state index is 14.3. The fourth-order valence-electron chi connectivity index (χ4n) is 5.58. The Bertz CT molecular complexity index is 1190. The molecule has 1 aromatic carbocycles. The predicted molar refractivity (Wildman–Crippen MR) is 184 cm³/mol. The van der Waals surface area contributed by atoms with Crippen molar-refractivity contribution in [1.82, 2.24) is 0 Å². The first-order valence-corrected chi connectivity index (χ1v) is 19.7. The summed E-state index contributed by atoms with van der Waals surface area (Å²) in [7, 11) is 2.57. The molecule has 0 N–H and O–H groups in total. The molecule has 9 atom stereocenters. The monoisotopic (exact) mass is 700 g/mol. The van der Waals surface area contributed by atoms with Crippen LogP contribution in [0.2, 0.25) is 0 Å². The van der Waals surface area contributed by atoms with Crippen LogP contribution in [0.1, 0.15) is 72.8 Å². The van der Waals surface area contributed by atoms with Gasteiger partial charge in [-0.3, -0.25) is 18.4 Å². The van der Waals surface area contributed by atoms with Gasteiger partial charge in [0.15, 0.2) is 0 Å². The maximum Gasteiger partial charge on any atom is 0.475 e. The molecule has 3 rings (SSSR count). The van der Waals surface area contributed by atoms with E-state index in [9.17, 15) is 9.36 Å². The molecule has 0 saturated carbocycles. The Balaban J connectivity index is 1.67. The van der Waals surface area contributed by atoms with Gasteiger partial charge in [0, 0.05) is 55.0 Å². The Morgan fingerprint density at radius 2 is 1.63 bits per heavy atom. The van der Waals surface area contributed by atoms with Gasteiger partial charge in [-0.2, -0.15) is 0 Å². The lowest BCUT2D eigenvalue weighted by molar-refractivity contribution is -0.119. The van der Waals surface area contributed by atoms with Crippen LogP contribution in [-0.2, 0) is 48.3 Å². The van der Waals surface area contributed by atoms with Crippen molar-refractivity contribution in [3.8, 4) is 12.3 Å². The largest absolute Gasteiger partial charge is 0.475 e. The highest BCUT2D eigenvalue weighted by Crippen LogP contribution is 2.54. The first kappa shape index (κ1) is 39.5. The SMILES string of the molecule is C#CCCC(=O)CCC(C)(C)SSc1ccccc1CCOP(=O)(OCC1OC(C)C(C)C1OC)OC1C(COC)OC(C)C1C. The van der Waals surface area contributed by atoms with E-state index in [0.29, 0.717) is 32.3 Å². The van der Waals surface area contributed by atoms with E-state index in [1.54, 1.807) is 35.8 Å². The summed E-state index contributed by atoms with van der Waals surface area (Å²) in [6.45, 7) is 12.7. The van der Waals surface area contributed by atoms with E-state index in [-0.39, 0.29) is 53.9 Å². The molecule has 2 fully saturated rings. The third kappa shape index (κ3) is 11.6. The molecule has 0 bridgehead atoms. The minimum atomic E-state index is -4.07. The highest BCUT2D eigenvalue weighted by atomic mass is 33.1. The zero-order chi connectivity index (χ0) is 33.9. The fourth-order valence-corrected chi connectivity index (χ4v) is 9.64. The van der Waals surface area contributed by atoms with Crippen molar-refractivity contribution in [3.05, 3.63) is 29.8 Å². The summed E-state index contributed by atoms with van der Waals surface area (Å²) in [5, 5.41) is 0. The zero-order valence-corrected chi connectivity index (χ0v) is 31.1. The molecule has 0 radical (unpaired) electrons. The van der Waals surface area contributed by atoms with Gasteiger partial charge in [-0.1, -0.05) is 53.6 Å². The average molecular weight is 701 g/mol. The molecule has 12 heteroatoms. The van der Waals surface area contributed by atoms with Crippen LogP contribution in [-0.4, -0.2) is 81.2 Å². The van der Waals surface area contributed by atoms with Crippen LogP contribution >= 0.6 is 29.4 Å². The number of carbonyl (C=O) groups excluding carboxylic acids is 1. The quantitative estimate of drug-likeness (QED) is 0.0766. The summed E-state index contributed by atoms with van der Waals surface area (Å²) < 4.78 is 55.6. The van der Waals surface area contributed by atoms with Crippen LogP contribution in [0.4, 0.5) is 0 Å². The molecule has 0 amide bonds. The first-order chi connectivity index (χ1) is 21.8. The number of methoxy groups -OCH3 is 2. The highest BCUT2D eigenvalue weighted by Gasteiger charge is 2.47. The molecule has 2 saturated heterocycles. The van der Waals surface area contributed by atoms with Crippen LogP contribution in [0.5, 0.6) is 0 Å². The molecule has 1 aromatic rings.